The molecule has 0 aromatic carbocycles. The number of carboxylic acid groups (broad SMARTS) is 1. The summed E-state index contributed by atoms with van der Waals surface area (Å²) in [6.45, 7) is 17.3. The summed E-state index contributed by atoms with van der Waals surface area (Å²) in [5.74, 6) is 2.09. The molecule has 5 aliphatic rings. The minimum absolute atomic E-state index is 0.106. The zero-order valence-electron chi connectivity index (χ0n) is 21.9. The van der Waals surface area contributed by atoms with E-state index in [1.165, 1.54) is 32.1 Å². The Labute approximate surface area is 197 Å². The fourth-order valence-corrected chi connectivity index (χ4v) is 11.2. The SMILES string of the molecule is CC(C)[C@H]1CC[C@@H]2[C@]1(C(=O)O)CC[C@]1(C)[C@H]3CC[C@@H]4C(C)(C)CCC[C@]4(C)C3=CC[C@@]21C. The van der Waals surface area contributed by atoms with Gasteiger partial charge in [0.15, 0.2) is 0 Å². The van der Waals surface area contributed by atoms with Crippen molar-refractivity contribution in [2.75, 3.05) is 0 Å². The van der Waals surface area contributed by atoms with E-state index in [0.29, 0.717) is 34.5 Å². The van der Waals surface area contributed by atoms with Crippen LogP contribution < -0.4 is 0 Å². The van der Waals surface area contributed by atoms with E-state index < -0.39 is 11.4 Å². The smallest absolute Gasteiger partial charge is 0.310 e. The zero-order valence-corrected chi connectivity index (χ0v) is 21.9. The molecule has 4 saturated carbocycles. The number of hydrogen-bond donors (Lipinski definition) is 1. The normalized spacial score (nSPS) is 51.8. The Hall–Kier alpha value is -0.790. The van der Waals surface area contributed by atoms with E-state index in [2.05, 4.69) is 54.5 Å². The summed E-state index contributed by atoms with van der Waals surface area (Å²) in [4.78, 5) is 13.0. The van der Waals surface area contributed by atoms with E-state index in [1.54, 1.807) is 5.57 Å². The van der Waals surface area contributed by atoms with E-state index >= 15 is 0 Å². The van der Waals surface area contributed by atoms with Crippen LogP contribution in [0.15, 0.2) is 11.6 Å². The highest BCUT2D eigenvalue weighted by atomic mass is 16.4. The molecule has 0 aromatic heterocycles. The van der Waals surface area contributed by atoms with Crippen molar-refractivity contribution in [2.24, 2.45) is 56.7 Å². The third kappa shape index (κ3) is 2.56. The molecule has 0 spiro atoms. The lowest BCUT2D eigenvalue weighted by Crippen LogP contribution is -2.63. The molecule has 4 fully saturated rings. The van der Waals surface area contributed by atoms with Gasteiger partial charge in [-0.3, -0.25) is 4.79 Å². The van der Waals surface area contributed by atoms with Crippen LogP contribution in [0.2, 0.25) is 0 Å². The molecular weight excluding hydrogens is 392 g/mol. The fourth-order valence-electron chi connectivity index (χ4n) is 11.2. The highest BCUT2D eigenvalue weighted by Crippen LogP contribution is 2.76. The summed E-state index contributed by atoms with van der Waals surface area (Å²) < 4.78 is 0. The van der Waals surface area contributed by atoms with Gasteiger partial charge in [-0.05, 0) is 109 Å². The maximum atomic E-state index is 13.0. The molecule has 5 rings (SSSR count). The van der Waals surface area contributed by atoms with Crippen LogP contribution in [0.1, 0.15) is 113 Å². The van der Waals surface area contributed by atoms with Crippen molar-refractivity contribution in [3.05, 3.63) is 11.6 Å². The lowest BCUT2D eigenvalue weighted by Gasteiger charge is -2.68. The van der Waals surface area contributed by atoms with Crippen molar-refractivity contribution in [1.29, 1.82) is 0 Å². The number of allylic oxidation sites excluding steroid dienone is 2. The van der Waals surface area contributed by atoms with Gasteiger partial charge in [0.2, 0.25) is 0 Å². The summed E-state index contributed by atoms with van der Waals surface area (Å²) >= 11 is 0. The molecule has 0 aromatic rings. The first-order valence-corrected chi connectivity index (χ1v) is 13.8. The first-order valence-electron chi connectivity index (χ1n) is 13.8. The molecule has 1 N–H and O–H groups in total. The Morgan fingerprint density at radius 3 is 2.25 bits per heavy atom. The van der Waals surface area contributed by atoms with Crippen LogP contribution in [0.25, 0.3) is 0 Å². The number of carboxylic acids is 1. The standard InChI is InChI=1S/C30H48O2/c1-19(2)20-9-12-24-29(7)16-13-21-22(28(29,6)17-18-30(20,24)25(31)32)10-11-23-26(3,4)14-8-15-27(21,23)5/h13,19-20,22-24H,8-12,14-18H2,1-7H3,(H,31,32)/t20-,22+,23-,24+,27-,28-,29+,30+/m1/s1. The van der Waals surface area contributed by atoms with Gasteiger partial charge in [0.1, 0.15) is 0 Å². The van der Waals surface area contributed by atoms with Crippen molar-refractivity contribution < 1.29 is 9.90 Å². The van der Waals surface area contributed by atoms with Gasteiger partial charge in [-0.1, -0.05) is 66.5 Å². The van der Waals surface area contributed by atoms with E-state index in [0.717, 1.165) is 38.0 Å². The van der Waals surface area contributed by atoms with Crippen LogP contribution >= 0.6 is 0 Å². The lowest BCUT2D eigenvalue weighted by atomic mass is 9.35. The van der Waals surface area contributed by atoms with Gasteiger partial charge in [0.05, 0.1) is 5.41 Å². The van der Waals surface area contributed by atoms with Crippen LogP contribution in [0.4, 0.5) is 0 Å². The Bertz CT molecular complexity index is 838. The van der Waals surface area contributed by atoms with Crippen molar-refractivity contribution in [3.63, 3.8) is 0 Å². The van der Waals surface area contributed by atoms with Gasteiger partial charge >= 0.3 is 5.97 Å². The minimum atomic E-state index is -0.498. The lowest BCUT2D eigenvalue weighted by molar-refractivity contribution is -0.189. The second-order valence-electron chi connectivity index (χ2n) is 14.5. The van der Waals surface area contributed by atoms with Gasteiger partial charge in [-0.2, -0.15) is 0 Å². The van der Waals surface area contributed by atoms with Gasteiger partial charge in [0, 0.05) is 0 Å². The molecule has 2 heteroatoms. The third-order valence-corrected chi connectivity index (χ3v) is 12.9. The Morgan fingerprint density at radius 2 is 1.59 bits per heavy atom. The quantitative estimate of drug-likeness (QED) is 0.440. The summed E-state index contributed by atoms with van der Waals surface area (Å²) in [5, 5.41) is 10.7. The van der Waals surface area contributed by atoms with Crippen LogP contribution in [-0.4, -0.2) is 11.1 Å². The number of hydrogen-bond acceptors (Lipinski definition) is 1. The van der Waals surface area contributed by atoms with E-state index in [1.807, 2.05) is 0 Å². The Morgan fingerprint density at radius 1 is 0.906 bits per heavy atom. The molecule has 5 aliphatic carbocycles. The van der Waals surface area contributed by atoms with Crippen molar-refractivity contribution >= 4 is 5.97 Å². The molecule has 0 unspecified atom stereocenters. The molecule has 2 nitrogen and oxygen atoms in total. The fraction of sp³-hybridized carbons (Fsp3) is 0.900. The van der Waals surface area contributed by atoms with Gasteiger partial charge in [-0.25, -0.2) is 0 Å². The summed E-state index contributed by atoms with van der Waals surface area (Å²) in [6.07, 6.45) is 14.8. The molecule has 0 amide bonds. The van der Waals surface area contributed by atoms with Gasteiger partial charge in [0.25, 0.3) is 0 Å². The van der Waals surface area contributed by atoms with Crippen LogP contribution in [0.3, 0.4) is 0 Å². The van der Waals surface area contributed by atoms with Crippen LogP contribution in [0, 0.1) is 56.7 Å². The van der Waals surface area contributed by atoms with E-state index in [4.69, 9.17) is 0 Å². The van der Waals surface area contributed by atoms with Crippen molar-refractivity contribution in [2.45, 2.75) is 113 Å². The monoisotopic (exact) mass is 440 g/mol. The molecule has 0 saturated heterocycles. The first-order chi connectivity index (χ1) is 14.8. The minimum Gasteiger partial charge on any atom is -0.481 e. The molecule has 8 atom stereocenters. The largest absolute Gasteiger partial charge is 0.481 e. The molecular formula is C30H48O2. The second kappa shape index (κ2) is 6.88. The third-order valence-electron chi connectivity index (χ3n) is 12.9. The molecule has 0 radical (unpaired) electrons. The average Bonchev–Trinajstić information content (AvgIpc) is 3.11. The molecule has 180 valence electrons. The van der Waals surface area contributed by atoms with E-state index in [9.17, 15) is 9.90 Å². The van der Waals surface area contributed by atoms with Crippen molar-refractivity contribution in [3.8, 4) is 0 Å². The second-order valence-corrected chi connectivity index (χ2v) is 14.5. The van der Waals surface area contributed by atoms with Crippen LogP contribution in [-0.2, 0) is 4.79 Å². The zero-order chi connectivity index (χ0) is 23.3. The molecule has 0 bridgehead atoms. The number of rotatable bonds is 2. The predicted octanol–water partition coefficient (Wildman–Crippen LogP) is 8.12. The van der Waals surface area contributed by atoms with Gasteiger partial charge < -0.3 is 5.11 Å². The average molecular weight is 441 g/mol. The topological polar surface area (TPSA) is 37.3 Å². The summed E-state index contributed by atoms with van der Waals surface area (Å²) in [6, 6.07) is 0. The maximum Gasteiger partial charge on any atom is 0.310 e. The Kier molecular flexibility index (Phi) is 4.94. The first kappa shape index (κ1) is 23.0. The molecule has 0 aliphatic heterocycles. The summed E-state index contributed by atoms with van der Waals surface area (Å²) in [7, 11) is 0. The van der Waals surface area contributed by atoms with Crippen LogP contribution in [0.5, 0.6) is 0 Å². The molecule has 0 heterocycles. The predicted molar refractivity (Wildman–Crippen MR) is 131 cm³/mol. The van der Waals surface area contributed by atoms with E-state index in [-0.39, 0.29) is 10.8 Å². The number of carbonyl (C=O) groups is 1. The number of aliphatic carboxylic acids is 1. The summed E-state index contributed by atoms with van der Waals surface area (Å²) in [5.41, 5.74) is 2.44. The van der Waals surface area contributed by atoms with Gasteiger partial charge in [-0.15, -0.1) is 0 Å². The Balaban J connectivity index is 1.59. The highest BCUT2D eigenvalue weighted by Gasteiger charge is 2.71. The number of fused-ring (bicyclic) bond motifs is 7. The van der Waals surface area contributed by atoms with Crippen molar-refractivity contribution in [1.82, 2.24) is 0 Å². The molecule has 32 heavy (non-hydrogen) atoms. The maximum absolute atomic E-state index is 13.0. The highest BCUT2D eigenvalue weighted by molar-refractivity contribution is 5.76.